The van der Waals surface area contributed by atoms with E-state index >= 15 is 0 Å². The van der Waals surface area contributed by atoms with E-state index in [0.29, 0.717) is 22.6 Å². The van der Waals surface area contributed by atoms with Crippen molar-refractivity contribution in [2.24, 2.45) is 0 Å². The maximum Gasteiger partial charge on any atom is 0.338 e. The van der Waals surface area contributed by atoms with Crippen molar-refractivity contribution in [1.29, 1.82) is 0 Å². The van der Waals surface area contributed by atoms with E-state index in [2.05, 4.69) is 0 Å². The standard InChI is InChI=1S/C19H20FNO3/c20-15-5-3-4-13(10-15)12-23-18-11-14(8-9-17(18)21)19(22)24-16-6-1-2-7-16/h3-5,8-11,16H,1-2,6-7,12,21H2. The van der Waals surface area contributed by atoms with Gasteiger partial charge in [-0.15, -0.1) is 0 Å². The molecule has 0 bridgehead atoms. The zero-order valence-electron chi connectivity index (χ0n) is 13.3. The van der Waals surface area contributed by atoms with Crippen molar-refractivity contribution in [1.82, 2.24) is 0 Å². The fourth-order valence-corrected chi connectivity index (χ4v) is 2.80. The Hall–Kier alpha value is -2.56. The molecule has 2 N–H and O–H groups in total. The van der Waals surface area contributed by atoms with Gasteiger partial charge < -0.3 is 15.2 Å². The second kappa shape index (κ2) is 7.34. The number of halogens is 1. The molecule has 2 aromatic carbocycles. The molecule has 0 heterocycles. The van der Waals surface area contributed by atoms with E-state index in [1.807, 2.05) is 0 Å². The first-order chi connectivity index (χ1) is 11.6. The molecule has 0 unspecified atom stereocenters. The van der Waals surface area contributed by atoms with Crippen molar-refractivity contribution < 1.29 is 18.7 Å². The van der Waals surface area contributed by atoms with Crippen molar-refractivity contribution in [2.45, 2.75) is 38.4 Å². The molecule has 0 aromatic heterocycles. The van der Waals surface area contributed by atoms with Crippen LogP contribution in [0.5, 0.6) is 5.75 Å². The van der Waals surface area contributed by atoms with Gasteiger partial charge in [0.2, 0.25) is 0 Å². The van der Waals surface area contributed by atoms with Crippen molar-refractivity contribution >= 4 is 11.7 Å². The van der Waals surface area contributed by atoms with Crippen molar-refractivity contribution in [3.8, 4) is 5.75 Å². The zero-order chi connectivity index (χ0) is 16.9. The summed E-state index contributed by atoms with van der Waals surface area (Å²) in [7, 11) is 0. The van der Waals surface area contributed by atoms with Crippen molar-refractivity contribution in [2.75, 3.05) is 5.73 Å². The molecule has 3 rings (SSSR count). The number of carbonyl (C=O) groups is 1. The summed E-state index contributed by atoms with van der Waals surface area (Å²) in [5.74, 6) is -0.296. The molecular formula is C19H20FNO3. The van der Waals surface area contributed by atoms with Crippen molar-refractivity contribution in [3.05, 3.63) is 59.4 Å². The van der Waals surface area contributed by atoms with Crippen LogP contribution in [0.4, 0.5) is 10.1 Å². The Kier molecular flexibility index (Phi) is 4.99. The van der Waals surface area contributed by atoms with E-state index in [0.717, 1.165) is 25.7 Å². The first-order valence-corrected chi connectivity index (χ1v) is 8.09. The molecule has 0 spiro atoms. The molecule has 0 atom stereocenters. The number of benzene rings is 2. The first kappa shape index (κ1) is 16.3. The molecule has 4 nitrogen and oxygen atoms in total. The lowest BCUT2D eigenvalue weighted by Gasteiger charge is -2.13. The third kappa shape index (κ3) is 4.04. The Labute approximate surface area is 140 Å². The summed E-state index contributed by atoms with van der Waals surface area (Å²) in [5.41, 5.74) is 7.41. The minimum absolute atomic E-state index is 0.00622. The van der Waals surface area contributed by atoms with Gasteiger partial charge in [-0.3, -0.25) is 0 Å². The Bertz CT molecular complexity index is 726. The van der Waals surface area contributed by atoms with E-state index < -0.39 is 0 Å². The van der Waals surface area contributed by atoms with E-state index in [4.69, 9.17) is 15.2 Å². The van der Waals surface area contributed by atoms with Gasteiger partial charge in [-0.05, 0) is 61.6 Å². The third-order valence-electron chi connectivity index (χ3n) is 4.11. The van der Waals surface area contributed by atoms with Gasteiger partial charge in [0.1, 0.15) is 24.3 Å². The maximum atomic E-state index is 13.2. The van der Waals surface area contributed by atoms with Crippen LogP contribution in [-0.2, 0) is 11.3 Å². The molecule has 1 aliphatic rings. The Balaban J connectivity index is 1.67. The minimum Gasteiger partial charge on any atom is -0.487 e. The predicted molar refractivity (Wildman–Crippen MR) is 89.3 cm³/mol. The van der Waals surface area contributed by atoms with Crippen LogP contribution in [0.15, 0.2) is 42.5 Å². The number of hydrogen-bond donors (Lipinski definition) is 1. The number of nitrogens with two attached hydrogens (primary N) is 1. The summed E-state index contributed by atoms with van der Waals surface area (Å²) >= 11 is 0. The van der Waals surface area contributed by atoms with Gasteiger partial charge in [0.05, 0.1) is 11.3 Å². The number of carbonyl (C=O) groups excluding carboxylic acids is 1. The van der Waals surface area contributed by atoms with Crippen LogP contribution in [-0.4, -0.2) is 12.1 Å². The quantitative estimate of drug-likeness (QED) is 0.663. The van der Waals surface area contributed by atoms with Crippen LogP contribution in [0, 0.1) is 5.82 Å². The molecule has 5 heteroatoms. The van der Waals surface area contributed by atoms with E-state index in [9.17, 15) is 9.18 Å². The number of rotatable bonds is 5. The number of ether oxygens (including phenoxy) is 2. The van der Waals surface area contributed by atoms with Crippen LogP contribution in [0.1, 0.15) is 41.6 Å². The smallest absolute Gasteiger partial charge is 0.338 e. The molecule has 24 heavy (non-hydrogen) atoms. The van der Waals surface area contributed by atoms with Gasteiger partial charge in [0.15, 0.2) is 0 Å². The first-order valence-electron chi connectivity index (χ1n) is 8.09. The Morgan fingerprint density at radius 3 is 2.71 bits per heavy atom. The second-order valence-electron chi connectivity index (χ2n) is 5.98. The fourth-order valence-electron chi connectivity index (χ4n) is 2.80. The van der Waals surface area contributed by atoms with Crippen LogP contribution in [0.3, 0.4) is 0 Å². The van der Waals surface area contributed by atoms with E-state index in [1.54, 1.807) is 30.3 Å². The summed E-state index contributed by atoms with van der Waals surface area (Å²) in [6.07, 6.45) is 4.04. The monoisotopic (exact) mass is 329 g/mol. The molecule has 1 aliphatic carbocycles. The van der Waals surface area contributed by atoms with Crippen LogP contribution in [0.25, 0.3) is 0 Å². The fraction of sp³-hybridized carbons (Fsp3) is 0.316. The number of hydrogen-bond acceptors (Lipinski definition) is 4. The molecule has 0 saturated heterocycles. The maximum absolute atomic E-state index is 13.2. The highest BCUT2D eigenvalue weighted by Gasteiger charge is 2.20. The van der Waals surface area contributed by atoms with Crippen LogP contribution in [0.2, 0.25) is 0 Å². The molecule has 126 valence electrons. The molecule has 0 amide bonds. The van der Waals surface area contributed by atoms with Gasteiger partial charge in [-0.25, -0.2) is 9.18 Å². The summed E-state index contributed by atoms with van der Waals surface area (Å²) in [6.45, 7) is 0.170. The van der Waals surface area contributed by atoms with Crippen LogP contribution >= 0.6 is 0 Å². The topological polar surface area (TPSA) is 61.6 Å². The lowest BCUT2D eigenvalue weighted by Crippen LogP contribution is -2.15. The number of anilines is 1. The predicted octanol–water partition coefficient (Wildman–Crippen LogP) is 4.09. The molecular weight excluding hydrogens is 309 g/mol. The van der Waals surface area contributed by atoms with Gasteiger partial charge >= 0.3 is 5.97 Å². The highest BCUT2D eigenvalue weighted by atomic mass is 19.1. The average Bonchev–Trinajstić information content (AvgIpc) is 3.07. The Morgan fingerprint density at radius 2 is 1.96 bits per heavy atom. The average molecular weight is 329 g/mol. The molecule has 0 radical (unpaired) electrons. The summed E-state index contributed by atoms with van der Waals surface area (Å²) < 4.78 is 24.3. The third-order valence-corrected chi connectivity index (χ3v) is 4.11. The largest absolute Gasteiger partial charge is 0.487 e. The lowest BCUT2D eigenvalue weighted by atomic mass is 10.2. The van der Waals surface area contributed by atoms with Gasteiger partial charge in [0.25, 0.3) is 0 Å². The molecule has 1 fully saturated rings. The minimum atomic E-state index is -0.363. The normalized spacial score (nSPS) is 14.5. The van der Waals surface area contributed by atoms with E-state index in [-0.39, 0.29) is 24.5 Å². The molecule has 1 saturated carbocycles. The zero-order valence-corrected chi connectivity index (χ0v) is 13.3. The Morgan fingerprint density at radius 1 is 1.17 bits per heavy atom. The van der Waals surface area contributed by atoms with Crippen LogP contribution < -0.4 is 10.5 Å². The van der Waals surface area contributed by atoms with Crippen molar-refractivity contribution in [3.63, 3.8) is 0 Å². The van der Waals surface area contributed by atoms with Gasteiger partial charge in [-0.1, -0.05) is 12.1 Å². The highest BCUT2D eigenvalue weighted by molar-refractivity contribution is 5.90. The van der Waals surface area contributed by atoms with Gasteiger partial charge in [0, 0.05) is 0 Å². The SMILES string of the molecule is Nc1ccc(C(=O)OC2CCCC2)cc1OCc1cccc(F)c1. The number of esters is 1. The second-order valence-corrected chi connectivity index (χ2v) is 5.98. The summed E-state index contributed by atoms with van der Waals surface area (Å²) in [4.78, 5) is 12.2. The highest BCUT2D eigenvalue weighted by Crippen LogP contribution is 2.26. The molecule has 0 aliphatic heterocycles. The van der Waals surface area contributed by atoms with Gasteiger partial charge in [-0.2, -0.15) is 0 Å². The number of nitrogen functional groups attached to an aromatic ring is 1. The van der Waals surface area contributed by atoms with E-state index in [1.165, 1.54) is 12.1 Å². The molecule has 2 aromatic rings. The lowest BCUT2D eigenvalue weighted by molar-refractivity contribution is 0.0317. The summed E-state index contributed by atoms with van der Waals surface area (Å²) in [6, 6.07) is 11.0. The summed E-state index contributed by atoms with van der Waals surface area (Å²) in [5, 5.41) is 0.